The van der Waals surface area contributed by atoms with Crippen LogP contribution in [-0.4, -0.2) is 31.3 Å². The van der Waals surface area contributed by atoms with E-state index in [9.17, 15) is 23.9 Å². The van der Waals surface area contributed by atoms with Crippen molar-refractivity contribution in [1.29, 1.82) is 0 Å². The summed E-state index contributed by atoms with van der Waals surface area (Å²) < 4.78 is 24.9. The fourth-order valence-electron chi connectivity index (χ4n) is 2.77. The van der Waals surface area contributed by atoms with Gasteiger partial charge in [0.25, 0.3) is 0 Å². The first-order valence-corrected chi connectivity index (χ1v) is 13.2. The van der Waals surface area contributed by atoms with E-state index in [0.717, 1.165) is 19.3 Å². The molecule has 0 saturated carbocycles. The maximum Gasteiger partial charge on any atom is 1.00 e. The van der Waals surface area contributed by atoms with E-state index < -0.39 is 39.1 Å². The Morgan fingerprint density at radius 3 is 1.84 bits per heavy atom. The van der Waals surface area contributed by atoms with Gasteiger partial charge in [-0.2, -0.15) is 0 Å². The number of esters is 2. The molecule has 0 aromatic carbocycles. The summed E-state index contributed by atoms with van der Waals surface area (Å²) in [5.41, 5.74) is 0. The SMILES string of the molecule is CC#CC#CC#CC#CC(=O)OC[C@@H](COP(=O)([O-])[O-])OC(=O)CCCCCCCCCCCC.[Na+].[Na+]. The number of hydrogen-bond donors (Lipinski definition) is 0. The number of phosphoric acid groups is 1. The molecule has 0 saturated heterocycles. The Bertz CT molecular complexity index is 933. The van der Waals surface area contributed by atoms with Crippen molar-refractivity contribution < 1.29 is 97.1 Å². The van der Waals surface area contributed by atoms with Crippen molar-refractivity contribution in [3.05, 3.63) is 0 Å². The fourth-order valence-corrected chi connectivity index (χ4v) is 3.12. The molecule has 0 aliphatic rings. The van der Waals surface area contributed by atoms with Gasteiger partial charge < -0.3 is 28.3 Å². The topological polar surface area (TPSA) is 125 Å². The molecular formula is C26H33Na2O8P. The number of unbranched alkanes of at least 4 members (excludes halogenated alkanes) is 9. The van der Waals surface area contributed by atoms with Gasteiger partial charge >= 0.3 is 71.1 Å². The number of carbonyl (C=O) groups excluding carboxylic acids is 2. The minimum Gasteiger partial charge on any atom is -0.790 e. The van der Waals surface area contributed by atoms with Gasteiger partial charge in [0.15, 0.2) is 6.10 Å². The summed E-state index contributed by atoms with van der Waals surface area (Å²) in [5, 5.41) is 0. The Hall–Kier alpha value is -0.710. The maximum atomic E-state index is 12.1. The quantitative estimate of drug-likeness (QED) is 0.0460. The molecule has 0 aromatic rings. The van der Waals surface area contributed by atoms with Gasteiger partial charge in [0, 0.05) is 12.3 Å². The van der Waals surface area contributed by atoms with Crippen LogP contribution in [0.5, 0.6) is 0 Å². The maximum absolute atomic E-state index is 12.1. The number of hydrogen-bond acceptors (Lipinski definition) is 8. The van der Waals surface area contributed by atoms with Crippen molar-refractivity contribution in [1.82, 2.24) is 0 Å². The monoisotopic (exact) mass is 550 g/mol. The van der Waals surface area contributed by atoms with E-state index in [1.165, 1.54) is 38.5 Å². The van der Waals surface area contributed by atoms with Gasteiger partial charge in [-0.25, -0.2) is 4.79 Å². The number of rotatable bonds is 17. The Morgan fingerprint density at radius 2 is 1.30 bits per heavy atom. The molecule has 1 atom stereocenters. The standard InChI is InChI=1S/C26H35O8P.2Na/c1-3-5-7-9-11-12-13-15-17-19-21-26(28)34-24(23-33-35(29,30)31)22-32-25(27)20-18-16-14-10-8-6-4-2;;/h24H,3,5,7,9,11-13,15,17,19,21-23H2,1-2H3,(H2,29,30,31);;/q;2*+1/p-2/t24-;;/m0../s1. The molecule has 0 fully saturated rings. The Morgan fingerprint density at radius 1 is 0.784 bits per heavy atom. The smallest absolute Gasteiger partial charge is 0.790 e. The molecule has 0 spiro atoms. The molecule has 11 heteroatoms. The molecule has 0 heterocycles. The summed E-state index contributed by atoms with van der Waals surface area (Å²) in [4.78, 5) is 45.2. The minimum atomic E-state index is -5.29. The molecular weight excluding hydrogens is 517 g/mol. The van der Waals surface area contributed by atoms with E-state index in [1.807, 2.05) is 0 Å². The van der Waals surface area contributed by atoms with Gasteiger partial charge in [-0.1, -0.05) is 70.6 Å². The number of phosphoric ester groups is 1. The van der Waals surface area contributed by atoms with E-state index >= 15 is 0 Å². The predicted molar refractivity (Wildman–Crippen MR) is 128 cm³/mol. The Balaban J connectivity index is -0.00000578. The van der Waals surface area contributed by atoms with Crippen LogP contribution >= 0.6 is 7.82 Å². The van der Waals surface area contributed by atoms with Crippen molar-refractivity contribution in [2.45, 2.75) is 90.6 Å². The van der Waals surface area contributed by atoms with Crippen molar-refractivity contribution in [3.8, 4) is 47.4 Å². The van der Waals surface area contributed by atoms with Gasteiger partial charge in [-0.15, -0.1) is 0 Å². The third kappa shape index (κ3) is 31.4. The number of carbonyl (C=O) groups is 2. The average molecular weight is 550 g/mol. The summed E-state index contributed by atoms with van der Waals surface area (Å²) >= 11 is 0. The largest absolute Gasteiger partial charge is 1.00 e. The second-order valence-corrected chi connectivity index (χ2v) is 8.66. The van der Waals surface area contributed by atoms with Gasteiger partial charge in [-0.3, -0.25) is 4.79 Å². The summed E-state index contributed by atoms with van der Waals surface area (Å²) in [6.07, 6.45) is 9.91. The van der Waals surface area contributed by atoms with Gasteiger partial charge in [0.1, 0.15) is 6.61 Å². The molecule has 8 nitrogen and oxygen atoms in total. The van der Waals surface area contributed by atoms with Crippen LogP contribution in [0.4, 0.5) is 0 Å². The molecule has 192 valence electrons. The summed E-state index contributed by atoms with van der Waals surface area (Å²) in [5.74, 6) is 17.3. The van der Waals surface area contributed by atoms with E-state index in [4.69, 9.17) is 9.47 Å². The van der Waals surface area contributed by atoms with Gasteiger partial charge in [0.2, 0.25) is 0 Å². The second kappa shape index (κ2) is 28.3. The molecule has 37 heavy (non-hydrogen) atoms. The van der Waals surface area contributed by atoms with Gasteiger partial charge in [0.05, 0.1) is 14.4 Å². The van der Waals surface area contributed by atoms with Crippen LogP contribution in [0.2, 0.25) is 0 Å². The molecule has 0 bridgehead atoms. The molecule has 0 unspecified atom stereocenters. The zero-order valence-electron chi connectivity index (χ0n) is 22.5. The molecule has 0 radical (unpaired) electrons. The zero-order valence-corrected chi connectivity index (χ0v) is 27.4. The first kappa shape index (κ1) is 40.8. The predicted octanol–water partition coefficient (Wildman–Crippen LogP) is -3.36. The summed E-state index contributed by atoms with van der Waals surface area (Å²) in [7, 11) is -5.29. The minimum absolute atomic E-state index is 0. The van der Waals surface area contributed by atoms with Crippen molar-refractivity contribution in [3.63, 3.8) is 0 Å². The summed E-state index contributed by atoms with van der Waals surface area (Å²) in [6, 6.07) is 0. The van der Waals surface area contributed by atoms with E-state index in [0.29, 0.717) is 6.42 Å². The van der Waals surface area contributed by atoms with Crippen molar-refractivity contribution >= 4 is 19.8 Å². The van der Waals surface area contributed by atoms with Crippen LogP contribution in [0.15, 0.2) is 0 Å². The molecule has 0 N–H and O–H groups in total. The number of ether oxygens (including phenoxy) is 2. The average Bonchev–Trinajstić information content (AvgIpc) is 2.81. The summed E-state index contributed by atoms with van der Waals surface area (Å²) in [6.45, 7) is 2.52. The molecule has 0 aromatic heterocycles. The first-order valence-electron chi connectivity index (χ1n) is 11.7. The Labute approximate surface area is 265 Å². The van der Waals surface area contributed by atoms with Crippen LogP contribution in [-0.2, 0) is 28.2 Å². The van der Waals surface area contributed by atoms with E-state index in [1.54, 1.807) is 6.92 Å². The van der Waals surface area contributed by atoms with E-state index in [-0.39, 0.29) is 65.5 Å². The Kier molecular flexibility index (Phi) is 31.2. The van der Waals surface area contributed by atoms with Crippen LogP contribution in [0, 0.1) is 47.4 Å². The van der Waals surface area contributed by atoms with E-state index in [2.05, 4.69) is 58.8 Å². The van der Waals surface area contributed by atoms with Crippen LogP contribution in [0.1, 0.15) is 84.5 Å². The van der Waals surface area contributed by atoms with Crippen molar-refractivity contribution in [2.75, 3.05) is 13.2 Å². The molecule has 0 aliphatic heterocycles. The van der Waals surface area contributed by atoms with Crippen molar-refractivity contribution in [2.24, 2.45) is 0 Å². The second-order valence-electron chi connectivity index (χ2n) is 7.51. The normalized spacial score (nSPS) is 10.1. The van der Waals surface area contributed by atoms with Gasteiger partial charge in [-0.05, 0) is 48.9 Å². The third-order valence-electron chi connectivity index (χ3n) is 4.45. The zero-order chi connectivity index (χ0) is 26.2. The molecule has 0 rings (SSSR count). The van der Waals surface area contributed by atoms with Crippen LogP contribution in [0.3, 0.4) is 0 Å². The first-order chi connectivity index (χ1) is 16.8. The van der Waals surface area contributed by atoms with Crippen LogP contribution in [0.25, 0.3) is 0 Å². The fraction of sp³-hybridized carbons (Fsp3) is 0.615. The van der Waals surface area contributed by atoms with Crippen LogP contribution < -0.4 is 68.9 Å². The molecule has 0 aliphatic carbocycles. The molecule has 0 amide bonds. The third-order valence-corrected chi connectivity index (χ3v) is 4.92.